The maximum Gasteiger partial charge on any atom is 0.274 e. The highest BCUT2D eigenvalue weighted by Gasteiger charge is 2.46. The van der Waals surface area contributed by atoms with E-state index in [9.17, 15) is 9.18 Å². The number of hydrogen-bond donors (Lipinski definition) is 1. The predicted octanol–water partition coefficient (Wildman–Crippen LogP) is 1.87. The van der Waals surface area contributed by atoms with Gasteiger partial charge in [0.25, 0.3) is 5.91 Å². The van der Waals surface area contributed by atoms with Crippen LogP contribution >= 0.6 is 0 Å². The Bertz CT molecular complexity index is 763. The lowest BCUT2D eigenvalue weighted by molar-refractivity contribution is -0.111. The highest BCUT2D eigenvalue weighted by atomic mass is 19.1. The average Bonchev–Trinajstić information content (AvgIpc) is 3.15. The van der Waals surface area contributed by atoms with Crippen LogP contribution < -0.4 is 5.32 Å². The Kier molecular flexibility index (Phi) is 3.42. The summed E-state index contributed by atoms with van der Waals surface area (Å²) in [4.78, 5) is 12.5. The van der Waals surface area contributed by atoms with Crippen LogP contribution in [0, 0.1) is 11.2 Å². The molecule has 0 radical (unpaired) electrons. The number of ether oxygens (including phenoxy) is 1. The number of hydrogen-bond acceptors (Lipinski definition) is 4. The van der Waals surface area contributed by atoms with Crippen molar-refractivity contribution in [2.45, 2.75) is 31.8 Å². The number of aromatic nitrogens is 3. The SMILES string of the molecule is CC1(Cn2cc(C(=O)NC3(c4ccc(F)cc4)CC3)nn2)COC1. The van der Waals surface area contributed by atoms with Crippen LogP contribution in [0.1, 0.15) is 35.8 Å². The van der Waals surface area contributed by atoms with Gasteiger partial charge in [-0.2, -0.15) is 0 Å². The maximum absolute atomic E-state index is 13.1. The molecule has 7 heteroatoms. The fourth-order valence-electron chi connectivity index (χ4n) is 3.07. The summed E-state index contributed by atoms with van der Waals surface area (Å²) in [7, 11) is 0. The minimum Gasteiger partial charge on any atom is -0.380 e. The van der Waals surface area contributed by atoms with Gasteiger partial charge in [0.15, 0.2) is 5.69 Å². The monoisotopic (exact) mass is 330 g/mol. The van der Waals surface area contributed by atoms with Gasteiger partial charge in [-0.05, 0) is 30.5 Å². The molecule has 2 fully saturated rings. The van der Waals surface area contributed by atoms with Crippen LogP contribution in [0.2, 0.25) is 0 Å². The summed E-state index contributed by atoms with van der Waals surface area (Å²) in [5, 5.41) is 11.0. The van der Waals surface area contributed by atoms with Gasteiger partial charge in [-0.1, -0.05) is 24.3 Å². The minimum absolute atomic E-state index is 0.0628. The number of carbonyl (C=O) groups is 1. The third kappa shape index (κ3) is 2.80. The van der Waals surface area contributed by atoms with Crippen LogP contribution in [0.25, 0.3) is 0 Å². The molecule has 24 heavy (non-hydrogen) atoms. The smallest absolute Gasteiger partial charge is 0.274 e. The second-order valence-electron chi connectivity index (χ2n) is 7.15. The van der Waals surface area contributed by atoms with Crippen LogP contribution in [0.4, 0.5) is 4.39 Å². The van der Waals surface area contributed by atoms with E-state index in [4.69, 9.17) is 4.74 Å². The van der Waals surface area contributed by atoms with Crippen LogP contribution in [0.5, 0.6) is 0 Å². The zero-order valence-electron chi connectivity index (χ0n) is 13.5. The second-order valence-corrected chi connectivity index (χ2v) is 7.15. The summed E-state index contributed by atoms with van der Waals surface area (Å²) in [5.41, 5.74) is 0.881. The molecular weight excluding hydrogens is 311 g/mol. The fourth-order valence-corrected chi connectivity index (χ4v) is 3.07. The third-order valence-corrected chi connectivity index (χ3v) is 4.72. The first-order valence-electron chi connectivity index (χ1n) is 8.05. The molecule has 1 aromatic carbocycles. The Hall–Kier alpha value is -2.28. The lowest BCUT2D eigenvalue weighted by atomic mass is 9.89. The van der Waals surface area contributed by atoms with Crippen molar-refractivity contribution in [1.82, 2.24) is 20.3 Å². The molecule has 126 valence electrons. The van der Waals surface area contributed by atoms with Crippen molar-refractivity contribution >= 4 is 5.91 Å². The maximum atomic E-state index is 13.1. The Balaban J connectivity index is 1.44. The van der Waals surface area contributed by atoms with E-state index in [1.54, 1.807) is 23.0 Å². The van der Waals surface area contributed by atoms with E-state index >= 15 is 0 Å². The average molecular weight is 330 g/mol. The molecule has 0 atom stereocenters. The first kappa shape index (κ1) is 15.3. The van der Waals surface area contributed by atoms with E-state index in [0.717, 1.165) is 18.4 Å². The first-order chi connectivity index (χ1) is 11.5. The van der Waals surface area contributed by atoms with Gasteiger partial charge in [0.2, 0.25) is 0 Å². The molecule has 0 spiro atoms. The molecule has 1 saturated carbocycles. The van der Waals surface area contributed by atoms with E-state index in [0.29, 0.717) is 25.5 Å². The predicted molar refractivity (Wildman–Crippen MR) is 83.7 cm³/mol. The van der Waals surface area contributed by atoms with Crippen molar-refractivity contribution in [3.8, 4) is 0 Å². The molecule has 4 rings (SSSR count). The molecule has 0 bridgehead atoms. The van der Waals surface area contributed by atoms with E-state index < -0.39 is 5.54 Å². The van der Waals surface area contributed by atoms with Crippen molar-refractivity contribution in [3.05, 3.63) is 47.5 Å². The van der Waals surface area contributed by atoms with Gasteiger partial charge in [0, 0.05) is 5.41 Å². The standard InChI is InChI=1S/C17H19FN4O2/c1-16(10-24-11-16)9-22-8-14(20-21-22)15(23)19-17(6-7-17)12-2-4-13(18)5-3-12/h2-5,8H,6-7,9-11H2,1H3,(H,19,23). The van der Waals surface area contributed by atoms with Crippen LogP contribution in [0.3, 0.4) is 0 Å². The van der Waals surface area contributed by atoms with Crippen molar-refractivity contribution < 1.29 is 13.9 Å². The minimum atomic E-state index is -0.400. The number of benzene rings is 1. The molecular formula is C17H19FN4O2. The van der Waals surface area contributed by atoms with Crippen LogP contribution in [-0.4, -0.2) is 34.1 Å². The number of halogens is 1. The Morgan fingerprint density at radius 3 is 2.62 bits per heavy atom. The van der Waals surface area contributed by atoms with Gasteiger partial charge < -0.3 is 10.1 Å². The number of carbonyl (C=O) groups excluding carboxylic acids is 1. The molecule has 1 aliphatic carbocycles. The molecule has 1 saturated heterocycles. The molecule has 1 aromatic heterocycles. The summed E-state index contributed by atoms with van der Waals surface area (Å²) in [6, 6.07) is 6.27. The van der Waals surface area contributed by atoms with E-state index in [2.05, 4.69) is 22.6 Å². The highest BCUT2D eigenvalue weighted by molar-refractivity contribution is 5.92. The molecule has 6 nitrogen and oxygen atoms in total. The lowest BCUT2D eigenvalue weighted by Gasteiger charge is -2.37. The number of amides is 1. The van der Waals surface area contributed by atoms with Gasteiger partial charge in [-0.25, -0.2) is 4.39 Å². The molecule has 2 aliphatic rings. The Morgan fingerprint density at radius 2 is 2.04 bits per heavy atom. The van der Waals surface area contributed by atoms with Crippen LogP contribution in [-0.2, 0) is 16.8 Å². The van der Waals surface area contributed by atoms with Crippen molar-refractivity contribution in [3.63, 3.8) is 0 Å². The van der Waals surface area contributed by atoms with Gasteiger partial charge in [-0.15, -0.1) is 5.10 Å². The van der Waals surface area contributed by atoms with Gasteiger partial charge in [0.1, 0.15) is 5.82 Å². The van der Waals surface area contributed by atoms with Crippen molar-refractivity contribution in [1.29, 1.82) is 0 Å². The zero-order chi connectivity index (χ0) is 16.8. The normalized spacial score (nSPS) is 20.2. The first-order valence-corrected chi connectivity index (χ1v) is 8.05. The van der Waals surface area contributed by atoms with Gasteiger partial charge in [-0.3, -0.25) is 9.48 Å². The second kappa shape index (κ2) is 5.37. The summed E-state index contributed by atoms with van der Waals surface area (Å²) < 4.78 is 20.0. The molecule has 1 N–H and O–H groups in total. The molecule has 1 amide bonds. The van der Waals surface area contributed by atoms with Crippen molar-refractivity contribution in [2.75, 3.05) is 13.2 Å². The van der Waals surface area contributed by atoms with Crippen molar-refractivity contribution in [2.24, 2.45) is 5.41 Å². The summed E-state index contributed by atoms with van der Waals surface area (Å²) in [6.07, 6.45) is 3.35. The van der Waals surface area contributed by atoms with E-state index in [-0.39, 0.29) is 17.1 Å². The van der Waals surface area contributed by atoms with E-state index in [1.165, 1.54) is 12.1 Å². The fraction of sp³-hybridized carbons (Fsp3) is 0.471. The van der Waals surface area contributed by atoms with Crippen LogP contribution in [0.15, 0.2) is 30.5 Å². The molecule has 1 aliphatic heterocycles. The molecule has 2 heterocycles. The summed E-state index contributed by atoms with van der Waals surface area (Å²) in [5.74, 6) is -0.532. The lowest BCUT2D eigenvalue weighted by Crippen LogP contribution is -2.43. The van der Waals surface area contributed by atoms with Gasteiger partial charge >= 0.3 is 0 Å². The Morgan fingerprint density at radius 1 is 1.33 bits per heavy atom. The number of nitrogens with zero attached hydrogens (tertiary/aromatic N) is 3. The largest absolute Gasteiger partial charge is 0.380 e. The quantitative estimate of drug-likeness (QED) is 0.909. The van der Waals surface area contributed by atoms with E-state index in [1.807, 2.05) is 0 Å². The number of nitrogens with one attached hydrogen (secondary N) is 1. The topological polar surface area (TPSA) is 69.0 Å². The Labute approximate surface area is 139 Å². The highest BCUT2D eigenvalue weighted by Crippen LogP contribution is 2.45. The summed E-state index contributed by atoms with van der Waals surface area (Å²) in [6.45, 7) is 4.19. The third-order valence-electron chi connectivity index (χ3n) is 4.72. The number of rotatable bonds is 5. The molecule has 0 unspecified atom stereocenters. The van der Waals surface area contributed by atoms with Gasteiger partial charge in [0.05, 0.1) is 31.5 Å². The zero-order valence-corrected chi connectivity index (χ0v) is 13.5. The summed E-state index contributed by atoms with van der Waals surface area (Å²) >= 11 is 0. The molecule has 2 aromatic rings.